The van der Waals surface area contributed by atoms with E-state index in [4.69, 9.17) is 23.2 Å². The van der Waals surface area contributed by atoms with E-state index in [1.54, 1.807) is 23.5 Å². The molecular weight excluding hydrogens is 327 g/mol. The number of halogens is 2. The summed E-state index contributed by atoms with van der Waals surface area (Å²) in [5.41, 5.74) is 0.833. The summed E-state index contributed by atoms with van der Waals surface area (Å²) in [5, 5.41) is 8.89. The molecule has 0 aliphatic carbocycles. The minimum absolute atomic E-state index is 0.0297. The third-order valence-corrected chi connectivity index (χ3v) is 4.71. The Bertz CT molecular complexity index is 616. The maximum absolute atomic E-state index is 12.0. The highest BCUT2D eigenvalue weighted by Crippen LogP contribution is 2.26. The molecule has 2 N–H and O–H groups in total. The quantitative estimate of drug-likeness (QED) is 0.789. The maximum Gasteiger partial charge on any atom is 0.315 e. The van der Waals surface area contributed by atoms with Crippen LogP contribution in [-0.2, 0) is 0 Å². The van der Waals surface area contributed by atoms with Gasteiger partial charge in [-0.2, -0.15) is 0 Å². The largest absolute Gasteiger partial charge is 0.332 e. The fourth-order valence-electron chi connectivity index (χ4n) is 1.97. The second-order valence-corrected chi connectivity index (χ2v) is 6.57. The molecule has 21 heavy (non-hydrogen) atoms. The summed E-state index contributed by atoms with van der Waals surface area (Å²) >= 11 is 13.6. The lowest BCUT2D eigenvalue weighted by molar-refractivity contribution is 0.235. The number of urea groups is 1. The Hall–Kier alpha value is -1.23. The van der Waals surface area contributed by atoms with Crippen molar-refractivity contribution < 1.29 is 4.79 Å². The predicted octanol–water partition coefficient (Wildman–Crippen LogP) is 5.18. The molecule has 2 rings (SSSR count). The van der Waals surface area contributed by atoms with Gasteiger partial charge >= 0.3 is 6.03 Å². The van der Waals surface area contributed by atoms with Crippen LogP contribution in [0.3, 0.4) is 0 Å². The van der Waals surface area contributed by atoms with Crippen molar-refractivity contribution in [3.05, 3.63) is 56.2 Å². The zero-order valence-electron chi connectivity index (χ0n) is 11.7. The average Bonchev–Trinajstić information content (AvgIpc) is 2.91. The van der Waals surface area contributed by atoms with Gasteiger partial charge in [0.1, 0.15) is 0 Å². The zero-order chi connectivity index (χ0) is 15.4. The van der Waals surface area contributed by atoms with Gasteiger partial charge in [-0.15, -0.1) is 11.3 Å². The molecule has 3 nitrogen and oxygen atoms in total. The molecule has 112 valence electrons. The standard InChI is InChI=1S/C15H16Cl2N2OS/c1-9(12-6-5-11(16)8-13(12)17)18-15(20)19-10(2)14-4-3-7-21-14/h3-10H,1-2H3,(H2,18,19,20)/t9-,10-/m1/s1. The second-order valence-electron chi connectivity index (χ2n) is 4.74. The van der Waals surface area contributed by atoms with E-state index in [-0.39, 0.29) is 18.1 Å². The summed E-state index contributed by atoms with van der Waals surface area (Å²) in [6.07, 6.45) is 0. The highest BCUT2D eigenvalue weighted by Gasteiger charge is 2.15. The molecule has 2 aromatic rings. The van der Waals surface area contributed by atoms with Gasteiger partial charge in [0.15, 0.2) is 0 Å². The fourth-order valence-corrected chi connectivity index (χ4v) is 3.28. The van der Waals surface area contributed by atoms with Crippen molar-refractivity contribution in [3.63, 3.8) is 0 Å². The molecule has 6 heteroatoms. The summed E-state index contributed by atoms with van der Waals surface area (Å²) in [6.45, 7) is 3.83. The van der Waals surface area contributed by atoms with Gasteiger partial charge < -0.3 is 10.6 Å². The van der Waals surface area contributed by atoms with Gasteiger partial charge in [0.05, 0.1) is 12.1 Å². The molecular formula is C15H16Cl2N2OS. The maximum atomic E-state index is 12.0. The molecule has 2 atom stereocenters. The Kier molecular flexibility index (Phi) is 5.51. The number of hydrogen-bond donors (Lipinski definition) is 2. The monoisotopic (exact) mass is 342 g/mol. The number of rotatable bonds is 4. The molecule has 0 saturated heterocycles. The van der Waals surface area contributed by atoms with Gasteiger partial charge in [-0.1, -0.05) is 35.3 Å². The highest BCUT2D eigenvalue weighted by molar-refractivity contribution is 7.10. The van der Waals surface area contributed by atoms with E-state index in [2.05, 4.69) is 10.6 Å². The minimum Gasteiger partial charge on any atom is -0.332 e. The van der Waals surface area contributed by atoms with Crippen molar-refractivity contribution in [2.75, 3.05) is 0 Å². The predicted molar refractivity (Wildman–Crippen MR) is 89.3 cm³/mol. The normalized spacial score (nSPS) is 13.5. The topological polar surface area (TPSA) is 41.1 Å². The zero-order valence-corrected chi connectivity index (χ0v) is 14.0. The Labute approximate surface area is 138 Å². The van der Waals surface area contributed by atoms with Gasteiger partial charge in [-0.05, 0) is 43.0 Å². The van der Waals surface area contributed by atoms with Crippen molar-refractivity contribution in [1.82, 2.24) is 10.6 Å². The van der Waals surface area contributed by atoms with E-state index in [1.807, 2.05) is 37.4 Å². The molecule has 0 unspecified atom stereocenters. The molecule has 1 heterocycles. The molecule has 0 saturated carbocycles. The van der Waals surface area contributed by atoms with Gasteiger partial charge in [0, 0.05) is 14.9 Å². The molecule has 1 aromatic carbocycles. The lowest BCUT2D eigenvalue weighted by Gasteiger charge is -2.18. The Morgan fingerprint density at radius 1 is 1.14 bits per heavy atom. The fraction of sp³-hybridized carbons (Fsp3) is 0.267. The molecule has 0 fully saturated rings. The van der Waals surface area contributed by atoms with Gasteiger partial charge in [0.25, 0.3) is 0 Å². The van der Waals surface area contributed by atoms with E-state index in [0.29, 0.717) is 10.0 Å². The van der Waals surface area contributed by atoms with Crippen LogP contribution in [-0.4, -0.2) is 6.03 Å². The Morgan fingerprint density at radius 2 is 1.86 bits per heavy atom. The summed E-state index contributed by atoms with van der Waals surface area (Å²) in [4.78, 5) is 13.1. The number of amides is 2. The molecule has 0 aliphatic rings. The summed E-state index contributed by atoms with van der Waals surface area (Å²) < 4.78 is 0. The van der Waals surface area contributed by atoms with E-state index in [0.717, 1.165) is 10.4 Å². The van der Waals surface area contributed by atoms with Crippen LogP contribution in [0.15, 0.2) is 35.7 Å². The SMILES string of the molecule is C[C@@H](NC(=O)N[C@H](C)c1ccc(Cl)cc1Cl)c1cccs1. The van der Waals surface area contributed by atoms with Gasteiger partial charge in [-0.3, -0.25) is 0 Å². The average molecular weight is 343 g/mol. The number of carbonyl (C=O) groups is 1. The lowest BCUT2D eigenvalue weighted by atomic mass is 10.1. The first-order chi connectivity index (χ1) is 9.97. The molecule has 0 bridgehead atoms. The third-order valence-electron chi connectivity index (χ3n) is 3.09. The first kappa shape index (κ1) is 16.1. The number of thiophene rings is 1. The third kappa shape index (κ3) is 4.37. The number of benzene rings is 1. The first-order valence-corrected chi connectivity index (χ1v) is 8.16. The van der Waals surface area contributed by atoms with E-state index >= 15 is 0 Å². The highest BCUT2D eigenvalue weighted by atomic mass is 35.5. The van der Waals surface area contributed by atoms with Crippen LogP contribution in [0, 0.1) is 0 Å². The summed E-state index contributed by atoms with van der Waals surface area (Å²) in [5.74, 6) is 0. The number of carbonyl (C=O) groups excluding carboxylic acids is 1. The molecule has 0 radical (unpaired) electrons. The molecule has 2 amide bonds. The smallest absolute Gasteiger partial charge is 0.315 e. The van der Waals surface area contributed by atoms with Crippen molar-refractivity contribution in [3.8, 4) is 0 Å². The summed E-state index contributed by atoms with van der Waals surface area (Å²) in [6, 6.07) is 8.74. The first-order valence-electron chi connectivity index (χ1n) is 6.52. The summed E-state index contributed by atoms with van der Waals surface area (Å²) in [7, 11) is 0. The van der Waals surface area contributed by atoms with Gasteiger partial charge in [-0.25, -0.2) is 4.79 Å². The van der Waals surface area contributed by atoms with Crippen LogP contribution < -0.4 is 10.6 Å². The molecule has 0 spiro atoms. The minimum atomic E-state index is -0.227. The second kappa shape index (κ2) is 7.16. The number of hydrogen-bond acceptors (Lipinski definition) is 2. The Morgan fingerprint density at radius 3 is 2.48 bits per heavy atom. The van der Waals surface area contributed by atoms with Crippen LogP contribution in [0.5, 0.6) is 0 Å². The Balaban J connectivity index is 1.96. The van der Waals surface area contributed by atoms with Crippen LogP contribution in [0.2, 0.25) is 10.0 Å². The van der Waals surface area contributed by atoms with Crippen molar-refractivity contribution in [2.24, 2.45) is 0 Å². The van der Waals surface area contributed by atoms with Crippen LogP contribution in [0.4, 0.5) is 4.79 Å². The van der Waals surface area contributed by atoms with E-state index in [9.17, 15) is 4.79 Å². The van der Waals surface area contributed by atoms with Crippen molar-refractivity contribution >= 4 is 40.6 Å². The number of nitrogens with one attached hydrogen (secondary N) is 2. The van der Waals surface area contributed by atoms with Crippen LogP contribution in [0.1, 0.15) is 36.4 Å². The van der Waals surface area contributed by atoms with E-state index < -0.39 is 0 Å². The van der Waals surface area contributed by atoms with Crippen LogP contribution in [0.25, 0.3) is 0 Å². The van der Waals surface area contributed by atoms with Crippen molar-refractivity contribution in [1.29, 1.82) is 0 Å². The van der Waals surface area contributed by atoms with Crippen LogP contribution >= 0.6 is 34.5 Å². The lowest BCUT2D eigenvalue weighted by Crippen LogP contribution is -2.38. The molecule has 1 aromatic heterocycles. The van der Waals surface area contributed by atoms with Crippen molar-refractivity contribution in [2.45, 2.75) is 25.9 Å². The van der Waals surface area contributed by atoms with E-state index in [1.165, 1.54) is 0 Å². The van der Waals surface area contributed by atoms with Gasteiger partial charge in [0.2, 0.25) is 0 Å². The molecule has 0 aliphatic heterocycles.